The Morgan fingerprint density at radius 1 is 1.12 bits per heavy atom. The monoisotopic (exact) mass is 394 g/mol. The van der Waals surface area contributed by atoms with Crippen molar-refractivity contribution in [2.75, 3.05) is 13.2 Å². The van der Waals surface area contributed by atoms with Crippen LogP contribution in [0.2, 0.25) is 17.1 Å². The molecule has 26 heavy (non-hydrogen) atoms. The Morgan fingerprint density at radius 3 is 2.27 bits per heavy atom. The highest BCUT2D eigenvalue weighted by atomic mass is 28.3. The highest BCUT2D eigenvalue weighted by Gasteiger charge is 2.43. The highest BCUT2D eigenvalue weighted by Crippen LogP contribution is 2.38. The number of carboxylic acids is 1. The quantitative estimate of drug-likeness (QED) is 0.794. The van der Waals surface area contributed by atoms with E-state index in [1.807, 2.05) is 13.8 Å². The molecule has 146 valence electrons. The minimum atomic E-state index is -1.51. The number of carboxylic acid groups (broad SMARTS) is 1. The maximum absolute atomic E-state index is 11.1. The fourth-order valence-corrected chi connectivity index (χ4v) is 9.40. The number of aryl methyl sites for hydroxylation is 1. The Balaban J connectivity index is 0.000000187. The fourth-order valence-electron chi connectivity index (χ4n) is 3.69. The average Bonchev–Trinajstić information content (AvgIpc) is 2.69. The number of rotatable bonds is 4. The zero-order valence-corrected chi connectivity index (χ0v) is 18.8. The summed E-state index contributed by atoms with van der Waals surface area (Å²) in [4.78, 5) is 11.1. The minimum Gasteiger partial charge on any atom is -0.481 e. The summed E-state index contributed by atoms with van der Waals surface area (Å²) in [7, 11) is -2.54. The number of hydrogen-bond donors (Lipinski definition) is 1. The van der Waals surface area contributed by atoms with Gasteiger partial charge in [0.25, 0.3) is 0 Å². The predicted molar refractivity (Wildman–Crippen MR) is 111 cm³/mol. The van der Waals surface area contributed by atoms with Gasteiger partial charge in [0.15, 0.2) is 9.04 Å². The number of hydrogen-bond acceptors (Lipinski definition) is 3. The fraction of sp³-hybridized carbons (Fsp3) is 0.650. The smallest absolute Gasteiger partial charge is 0.308 e. The molecular formula is C20H34O4Si2. The van der Waals surface area contributed by atoms with Crippen molar-refractivity contribution < 1.29 is 18.8 Å². The lowest BCUT2D eigenvalue weighted by Crippen LogP contribution is -2.41. The average molecular weight is 395 g/mol. The van der Waals surface area contributed by atoms with Gasteiger partial charge >= 0.3 is 5.97 Å². The first-order valence-electron chi connectivity index (χ1n) is 10.0. The molecule has 0 radical (unpaired) electrons. The second kappa shape index (κ2) is 10.4. The summed E-state index contributed by atoms with van der Waals surface area (Å²) >= 11 is 0. The Bertz CT molecular complexity index is 569. The molecule has 2 saturated heterocycles. The van der Waals surface area contributed by atoms with Crippen molar-refractivity contribution in [1.82, 2.24) is 0 Å². The van der Waals surface area contributed by atoms with Crippen LogP contribution < -0.4 is 5.19 Å². The second-order valence-electron chi connectivity index (χ2n) is 7.64. The molecule has 1 aromatic rings. The molecule has 2 heterocycles. The van der Waals surface area contributed by atoms with E-state index in [0.29, 0.717) is 6.42 Å². The molecule has 2 aliphatic heterocycles. The van der Waals surface area contributed by atoms with Crippen LogP contribution in [0.5, 0.6) is 0 Å². The van der Waals surface area contributed by atoms with Crippen LogP contribution in [0.3, 0.4) is 0 Å². The summed E-state index contributed by atoms with van der Waals surface area (Å²) in [5, 5.41) is 10.1. The van der Waals surface area contributed by atoms with E-state index in [1.54, 1.807) is 0 Å². The van der Waals surface area contributed by atoms with Crippen molar-refractivity contribution in [1.29, 1.82) is 0 Å². The molecule has 0 bridgehead atoms. The van der Waals surface area contributed by atoms with Gasteiger partial charge in [-0.25, -0.2) is 0 Å². The SMILES string of the molecule is CCC(C)(C(=O)O)[SiH]1CCCCO1.Cc1ccccc1[SiH]1CCCCO1. The standard InChI is InChI=1S/C11H16OSi.C9H18O3Si/c1-10-6-2-3-7-11(10)13-9-5-4-8-12-13;1-3-9(2,8(10)11)13-7-5-4-6-12-13/h2-3,6-7,13H,4-5,8-9H2,1H3;13H,3-7H2,1-2H3,(H,10,11). The van der Waals surface area contributed by atoms with Gasteiger partial charge in [-0.1, -0.05) is 44.0 Å². The molecule has 3 atom stereocenters. The lowest BCUT2D eigenvalue weighted by Gasteiger charge is -2.33. The first kappa shape index (κ1) is 21.3. The van der Waals surface area contributed by atoms with Crippen molar-refractivity contribution in [3.63, 3.8) is 0 Å². The normalized spacial score (nSPS) is 25.5. The first-order chi connectivity index (χ1) is 12.5. The molecule has 2 fully saturated rings. The summed E-state index contributed by atoms with van der Waals surface area (Å²) in [6.45, 7) is 7.75. The van der Waals surface area contributed by atoms with Crippen molar-refractivity contribution in [3.8, 4) is 0 Å². The lowest BCUT2D eigenvalue weighted by molar-refractivity contribution is -0.140. The van der Waals surface area contributed by atoms with Crippen LogP contribution in [0.15, 0.2) is 24.3 Å². The molecule has 0 spiro atoms. The van der Waals surface area contributed by atoms with E-state index < -0.39 is 29.1 Å². The first-order valence-corrected chi connectivity index (χ1v) is 13.7. The maximum atomic E-state index is 11.1. The van der Waals surface area contributed by atoms with Gasteiger partial charge in [-0.05, 0) is 55.9 Å². The summed E-state index contributed by atoms with van der Waals surface area (Å²) in [5.41, 5.74) is 1.42. The van der Waals surface area contributed by atoms with Gasteiger partial charge < -0.3 is 14.0 Å². The number of benzene rings is 1. The van der Waals surface area contributed by atoms with E-state index in [0.717, 1.165) is 32.1 Å². The van der Waals surface area contributed by atoms with E-state index >= 15 is 0 Å². The third kappa shape index (κ3) is 5.52. The zero-order chi connectivity index (χ0) is 19.0. The molecule has 3 rings (SSSR count). The van der Waals surface area contributed by atoms with Crippen LogP contribution in [0.4, 0.5) is 0 Å². The van der Waals surface area contributed by atoms with Crippen LogP contribution in [0.25, 0.3) is 0 Å². The molecule has 0 aliphatic carbocycles. The Labute approximate surface area is 161 Å². The Hall–Kier alpha value is -0.956. The molecule has 0 aromatic heterocycles. The third-order valence-corrected chi connectivity index (χ3v) is 12.4. The van der Waals surface area contributed by atoms with Crippen LogP contribution in [0.1, 0.15) is 51.5 Å². The van der Waals surface area contributed by atoms with Crippen molar-refractivity contribution in [2.45, 2.75) is 70.0 Å². The van der Waals surface area contributed by atoms with Crippen molar-refractivity contribution >= 4 is 29.2 Å². The Morgan fingerprint density at radius 2 is 1.77 bits per heavy atom. The van der Waals surface area contributed by atoms with Crippen molar-refractivity contribution in [2.24, 2.45) is 0 Å². The predicted octanol–water partition coefficient (Wildman–Crippen LogP) is 3.51. The molecular weight excluding hydrogens is 360 g/mol. The number of aliphatic carboxylic acids is 1. The lowest BCUT2D eigenvalue weighted by atomic mass is 10.1. The van der Waals surface area contributed by atoms with Gasteiger partial charge in [0, 0.05) is 13.2 Å². The molecule has 4 nitrogen and oxygen atoms in total. The number of carbonyl (C=O) groups is 1. The Kier molecular flexibility index (Phi) is 8.54. The molecule has 6 heteroatoms. The molecule has 3 unspecified atom stereocenters. The molecule has 2 aliphatic rings. The van der Waals surface area contributed by atoms with E-state index in [9.17, 15) is 4.79 Å². The summed E-state index contributed by atoms with van der Waals surface area (Å²) < 4.78 is 11.5. The summed E-state index contributed by atoms with van der Waals surface area (Å²) in [6, 6.07) is 11.0. The molecule has 0 amide bonds. The largest absolute Gasteiger partial charge is 0.481 e. The van der Waals surface area contributed by atoms with Gasteiger partial charge in [-0.3, -0.25) is 4.79 Å². The van der Waals surface area contributed by atoms with E-state index in [-0.39, 0.29) is 0 Å². The van der Waals surface area contributed by atoms with Gasteiger partial charge in [-0.15, -0.1) is 0 Å². The van der Waals surface area contributed by atoms with Crippen LogP contribution in [-0.2, 0) is 13.6 Å². The van der Waals surface area contributed by atoms with Gasteiger partial charge in [0.05, 0.1) is 5.04 Å². The van der Waals surface area contributed by atoms with Crippen molar-refractivity contribution in [3.05, 3.63) is 29.8 Å². The van der Waals surface area contributed by atoms with E-state index in [4.69, 9.17) is 14.0 Å². The molecule has 1 N–H and O–H groups in total. The molecule has 1 aromatic carbocycles. The zero-order valence-electron chi connectivity index (χ0n) is 16.5. The summed E-state index contributed by atoms with van der Waals surface area (Å²) in [5.74, 6) is -0.673. The highest BCUT2D eigenvalue weighted by molar-refractivity contribution is 6.68. The van der Waals surface area contributed by atoms with Gasteiger partial charge in [0.1, 0.15) is 0 Å². The van der Waals surface area contributed by atoms with Crippen LogP contribution in [0, 0.1) is 6.92 Å². The topological polar surface area (TPSA) is 55.8 Å². The van der Waals surface area contributed by atoms with Gasteiger partial charge in [0.2, 0.25) is 9.04 Å². The van der Waals surface area contributed by atoms with E-state index in [2.05, 4.69) is 31.2 Å². The third-order valence-electron chi connectivity index (χ3n) is 5.83. The van der Waals surface area contributed by atoms with Crippen LogP contribution in [-0.4, -0.2) is 42.4 Å². The maximum Gasteiger partial charge on any atom is 0.308 e. The summed E-state index contributed by atoms with van der Waals surface area (Å²) in [6.07, 6.45) is 5.57. The molecule has 0 saturated carbocycles. The van der Waals surface area contributed by atoms with Gasteiger partial charge in [-0.2, -0.15) is 0 Å². The van der Waals surface area contributed by atoms with Crippen LogP contribution >= 0.6 is 0 Å². The second-order valence-corrected chi connectivity index (χ2v) is 13.3. The van der Waals surface area contributed by atoms with E-state index in [1.165, 1.54) is 29.6 Å². The minimum absolute atomic E-state index is 0.555.